The van der Waals surface area contributed by atoms with Crippen molar-refractivity contribution in [3.8, 4) is 0 Å². The summed E-state index contributed by atoms with van der Waals surface area (Å²) in [6.07, 6.45) is -2.01. The number of nitrogens with one attached hydrogen (secondary N) is 1. The van der Waals surface area contributed by atoms with Crippen LogP contribution < -0.4 is 5.56 Å². The molecule has 0 spiro atoms. The van der Waals surface area contributed by atoms with Crippen LogP contribution in [0.3, 0.4) is 0 Å². The third kappa shape index (κ3) is 1.66. The quantitative estimate of drug-likeness (QED) is 0.809. The molecule has 1 N–H and O–H groups in total. The number of aryl methyl sites for hydroxylation is 2. The lowest BCUT2D eigenvalue weighted by Crippen LogP contribution is -2.42. The number of hydrogen-bond acceptors (Lipinski definition) is 3. The number of nitrogens with zero attached hydrogens (tertiary/aromatic N) is 1. The summed E-state index contributed by atoms with van der Waals surface area (Å²) in [5.41, 5.74) is -1.76. The van der Waals surface area contributed by atoms with Gasteiger partial charge in [-0.1, -0.05) is 0 Å². The van der Waals surface area contributed by atoms with Crippen LogP contribution in [0.4, 0.5) is 13.2 Å². The Balaban J connectivity index is 2.08. The van der Waals surface area contributed by atoms with Gasteiger partial charge in [0.05, 0.1) is 5.39 Å². The topological polar surface area (TPSA) is 37.8 Å². The summed E-state index contributed by atoms with van der Waals surface area (Å²) >= 11 is 6.49. The van der Waals surface area contributed by atoms with Crippen LogP contribution in [0.15, 0.2) is 4.79 Å². The van der Waals surface area contributed by atoms with Gasteiger partial charge in [0.25, 0.3) is 5.56 Å². The second-order valence-corrected chi connectivity index (χ2v) is 7.15. The summed E-state index contributed by atoms with van der Waals surface area (Å²) in [5.74, 6) is 0. The van der Waals surface area contributed by atoms with E-state index in [-0.39, 0.29) is 17.6 Å². The summed E-state index contributed by atoms with van der Waals surface area (Å²) in [6, 6.07) is 0. The van der Waals surface area contributed by atoms with Gasteiger partial charge in [0.15, 0.2) is 4.77 Å². The van der Waals surface area contributed by atoms with Crippen molar-refractivity contribution in [1.82, 2.24) is 9.55 Å². The minimum atomic E-state index is -4.45. The zero-order valence-corrected chi connectivity index (χ0v) is 12.5. The number of aromatic nitrogens is 2. The molecule has 0 saturated heterocycles. The summed E-state index contributed by atoms with van der Waals surface area (Å²) in [5, 5.41) is 0.414. The molecule has 4 rings (SSSR count). The molecule has 0 radical (unpaired) electrons. The van der Waals surface area contributed by atoms with Crippen LogP contribution in [-0.2, 0) is 18.4 Å². The molecular formula is C13H11F3N2OS2. The second-order valence-electron chi connectivity index (χ2n) is 5.66. The van der Waals surface area contributed by atoms with E-state index in [9.17, 15) is 18.0 Å². The van der Waals surface area contributed by atoms with Crippen molar-refractivity contribution in [2.24, 2.45) is 0 Å². The van der Waals surface area contributed by atoms with Crippen LogP contribution in [0.5, 0.6) is 0 Å². The molecule has 2 aromatic rings. The maximum Gasteiger partial charge on any atom is 0.412 e. The molecule has 0 atom stereocenters. The first-order chi connectivity index (χ1) is 9.85. The lowest BCUT2D eigenvalue weighted by Gasteiger charge is -2.22. The lowest BCUT2D eigenvalue weighted by atomic mass is 10.2. The number of hydrogen-bond donors (Lipinski definition) is 1. The Morgan fingerprint density at radius 2 is 2.00 bits per heavy atom. The summed E-state index contributed by atoms with van der Waals surface area (Å²) < 4.78 is 40.6. The summed E-state index contributed by atoms with van der Waals surface area (Å²) in [4.78, 5) is 17.2. The number of thiophene rings is 1. The van der Waals surface area contributed by atoms with Gasteiger partial charge in [-0.05, 0) is 49.9 Å². The van der Waals surface area contributed by atoms with Crippen molar-refractivity contribution in [1.29, 1.82) is 0 Å². The van der Waals surface area contributed by atoms with Crippen molar-refractivity contribution < 1.29 is 13.2 Å². The van der Waals surface area contributed by atoms with Gasteiger partial charge in [-0.25, -0.2) is 0 Å². The van der Waals surface area contributed by atoms with Crippen molar-refractivity contribution in [3.63, 3.8) is 0 Å². The van der Waals surface area contributed by atoms with Crippen LogP contribution in [0.2, 0.25) is 0 Å². The number of alkyl halides is 3. The van der Waals surface area contributed by atoms with Gasteiger partial charge < -0.3 is 4.98 Å². The molecule has 0 unspecified atom stereocenters. The molecule has 0 aromatic carbocycles. The van der Waals surface area contributed by atoms with E-state index in [4.69, 9.17) is 12.2 Å². The average molecular weight is 332 g/mol. The van der Waals surface area contributed by atoms with E-state index < -0.39 is 17.3 Å². The average Bonchev–Trinajstić information content (AvgIpc) is 2.91. The van der Waals surface area contributed by atoms with Gasteiger partial charge >= 0.3 is 6.18 Å². The first-order valence-electron chi connectivity index (χ1n) is 6.72. The van der Waals surface area contributed by atoms with E-state index in [1.54, 1.807) is 0 Å². The number of H-pyrrole nitrogens is 1. The number of halogens is 3. The first kappa shape index (κ1) is 13.5. The number of fused-ring (bicyclic) bond motifs is 3. The molecule has 1 fully saturated rings. The van der Waals surface area contributed by atoms with Crippen molar-refractivity contribution in [3.05, 3.63) is 25.6 Å². The Morgan fingerprint density at radius 3 is 2.62 bits per heavy atom. The predicted molar refractivity (Wildman–Crippen MR) is 76.6 cm³/mol. The third-order valence-corrected chi connectivity index (χ3v) is 5.93. The molecule has 3 nitrogen and oxygen atoms in total. The van der Waals surface area contributed by atoms with Crippen LogP contribution in [0.1, 0.15) is 29.7 Å². The van der Waals surface area contributed by atoms with Crippen LogP contribution >= 0.6 is 23.6 Å². The molecule has 0 bridgehead atoms. The van der Waals surface area contributed by atoms with Gasteiger partial charge in [0.1, 0.15) is 10.4 Å². The van der Waals surface area contributed by atoms with Crippen molar-refractivity contribution >= 4 is 33.8 Å². The Labute approximate surface area is 126 Å². The summed E-state index contributed by atoms with van der Waals surface area (Å²) in [6.45, 7) is 0. The SMILES string of the molecule is O=c1c2c3c(sc2[nH]c(=S)n1C1(C(F)(F)F)CC1)CCC3. The van der Waals surface area contributed by atoms with E-state index in [1.165, 1.54) is 11.3 Å². The largest absolute Gasteiger partial charge is 0.412 e. The smallest absolute Gasteiger partial charge is 0.323 e. The van der Waals surface area contributed by atoms with Gasteiger partial charge in [-0.2, -0.15) is 13.2 Å². The zero-order valence-electron chi connectivity index (χ0n) is 10.8. The van der Waals surface area contributed by atoms with Crippen molar-refractivity contribution in [2.75, 3.05) is 0 Å². The minimum Gasteiger partial charge on any atom is -0.323 e. The van der Waals surface area contributed by atoms with E-state index >= 15 is 0 Å². The fourth-order valence-corrected chi connectivity index (χ4v) is 4.92. The monoisotopic (exact) mass is 332 g/mol. The molecular weight excluding hydrogens is 321 g/mol. The summed E-state index contributed by atoms with van der Waals surface area (Å²) in [7, 11) is 0. The van der Waals surface area contributed by atoms with E-state index in [0.717, 1.165) is 34.3 Å². The van der Waals surface area contributed by atoms with Gasteiger partial charge in [0.2, 0.25) is 0 Å². The molecule has 2 heterocycles. The highest BCUT2D eigenvalue weighted by Crippen LogP contribution is 2.55. The predicted octanol–water partition coefficient (Wildman–Crippen LogP) is 3.66. The van der Waals surface area contributed by atoms with E-state index in [2.05, 4.69) is 4.98 Å². The lowest BCUT2D eigenvalue weighted by molar-refractivity contribution is -0.181. The van der Waals surface area contributed by atoms with Gasteiger partial charge in [0, 0.05) is 4.88 Å². The first-order valence-corrected chi connectivity index (χ1v) is 7.94. The van der Waals surface area contributed by atoms with Crippen molar-refractivity contribution in [2.45, 2.75) is 43.8 Å². The Hall–Kier alpha value is -1.15. The molecule has 2 aliphatic carbocycles. The van der Waals surface area contributed by atoms with E-state index in [1.807, 2.05) is 0 Å². The normalized spacial score (nSPS) is 20.0. The molecule has 112 valence electrons. The van der Waals surface area contributed by atoms with Crippen LogP contribution in [0.25, 0.3) is 10.2 Å². The third-order valence-electron chi connectivity index (χ3n) is 4.44. The van der Waals surface area contributed by atoms with Gasteiger partial charge in [-0.15, -0.1) is 11.3 Å². The highest BCUT2D eigenvalue weighted by Gasteiger charge is 2.66. The number of aromatic amines is 1. The Kier molecular flexibility index (Phi) is 2.56. The Morgan fingerprint density at radius 1 is 1.29 bits per heavy atom. The highest BCUT2D eigenvalue weighted by molar-refractivity contribution is 7.71. The van der Waals surface area contributed by atoms with Gasteiger partial charge in [-0.3, -0.25) is 9.36 Å². The minimum absolute atomic E-state index is 0.0777. The Bertz CT molecular complexity index is 870. The molecule has 2 aliphatic rings. The fraction of sp³-hybridized carbons (Fsp3) is 0.538. The molecule has 1 saturated carbocycles. The van der Waals surface area contributed by atoms with Crippen LogP contribution in [-0.4, -0.2) is 15.7 Å². The highest BCUT2D eigenvalue weighted by atomic mass is 32.1. The molecule has 0 aliphatic heterocycles. The maximum atomic E-state index is 13.3. The van der Waals surface area contributed by atoms with E-state index in [0.29, 0.717) is 10.2 Å². The second kappa shape index (κ2) is 3.98. The standard InChI is InChI=1S/C13H11F3N2OS2/c14-13(15,16)12(4-5-12)18-10(19)8-6-2-1-3-7(6)21-9(8)17-11(18)20/h1-5H2,(H,17,20). The maximum absolute atomic E-state index is 13.3. The number of rotatable bonds is 1. The van der Waals surface area contributed by atoms with Crippen LogP contribution in [0, 0.1) is 4.77 Å². The molecule has 0 amide bonds. The molecule has 21 heavy (non-hydrogen) atoms. The zero-order chi connectivity index (χ0) is 15.0. The molecule has 8 heteroatoms. The molecule has 2 aromatic heterocycles. The fourth-order valence-electron chi connectivity index (χ4n) is 3.22.